The van der Waals surface area contributed by atoms with Crippen LogP contribution in [0, 0.1) is 6.92 Å². The maximum absolute atomic E-state index is 12.6. The van der Waals surface area contributed by atoms with Crippen LogP contribution in [0.4, 0.5) is 5.69 Å². The molecule has 1 aliphatic heterocycles. The lowest BCUT2D eigenvalue weighted by molar-refractivity contribution is -0.114. The highest BCUT2D eigenvalue weighted by Gasteiger charge is 2.29. The second kappa shape index (κ2) is 7.07. The highest BCUT2D eigenvalue weighted by atomic mass is 16.2. The molecule has 0 aromatic heterocycles. The number of amides is 2. The number of benzene rings is 2. The van der Waals surface area contributed by atoms with E-state index in [2.05, 4.69) is 23.7 Å². The zero-order valence-corrected chi connectivity index (χ0v) is 14.8. The highest BCUT2D eigenvalue weighted by molar-refractivity contribution is 6.00. The second-order valence-corrected chi connectivity index (χ2v) is 6.39. The van der Waals surface area contributed by atoms with Gasteiger partial charge in [0, 0.05) is 24.7 Å². The fourth-order valence-corrected chi connectivity index (χ4v) is 3.19. The van der Waals surface area contributed by atoms with Crippen LogP contribution in [0.25, 0.3) is 11.1 Å². The SMILES string of the molecule is CCCNN1Cc2cc(-c3cccc(NC(C)=O)c3)cc(C)c2C1=O. The van der Waals surface area contributed by atoms with E-state index in [0.29, 0.717) is 6.54 Å². The quantitative estimate of drug-likeness (QED) is 0.878. The molecule has 0 spiro atoms. The van der Waals surface area contributed by atoms with Gasteiger partial charge in [0.2, 0.25) is 5.91 Å². The standard InChI is InChI=1S/C20H23N3O2/c1-4-8-21-23-12-17-10-16(9-13(2)19(17)20(23)25)15-6-5-7-18(11-15)22-14(3)24/h5-7,9-11,21H,4,8,12H2,1-3H3,(H,22,24). The van der Waals surface area contributed by atoms with E-state index in [1.807, 2.05) is 37.3 Å². The summed E-state index contributed by atoms with van der Waals surface area (Å²) in [4.78, 5) is 23.8. The number of rotatable bonds is 5. The van der Waals surface area contributed by atoms with Crippen molar-refractivity contribution in [2.45, 2.75) is 33.7 Å². The van der Waals surface area contributed by atoms with E-state index in [-0.39, 0.29) is 11.8 Å². The van der Waals surface area contributed by atoms with Gasteiger partial charge in [0.05, 0.1) is 6.54 Å². The molecular weight excluding hydrogens is 314 g/mol. The Morgan fingerprint density at radius 3 is 2.72 bits per heavy atom. The van der Waals surface area contributed by atoms with Gasteiger partial charge in [-0.15, -0.1) is 0 Å². The summed E-state index contributed by atoms with van der Waals surface area (Å²) in [7, 11) is 0. The lowest BCUT2D eigenvalue weighted by Crippen LogP contribution is -2.38. The molecule has 0 atom stereocenters. The Morgan fingerprint density at radius 1 is 1.20 bits per heavy atom. The molecule has 2 N–H and O–H groups in total. The van der Waals surface area contributed by atoms with E-state index < -0.39 is 0 Å². The molecule has 2 aromatic rings. The van der Waals surface area contributed by atoms with E-state index in [9.17, 15) is 9.59 Å². The molecule has 0 saturated carbocycles. The Labute approximate surface area is 148 Å². The van der Waals surface area contributed by atoms with Crippen LogP contribution in [-0.4, -0.2) is 23.4 Å². The zero-order chi connectivity index (χ0) is 18.0. The molecule has 1 heterocycles. The Morgan fingerprint density at radius 2 is 2.00 bits per heavy atom. The average molecular weight is 337 g/mol. The third-order valence-corrected chi connectivity index (χ3v) is 4.27. The van der Waals surface area contributed by atoms with Crippen LogP contribution in [0.1, 0.15) is 41.8 Å². The first-order valence-electron chi connectivity index (χ1n) is 8.56. The van der Waals surface area contributed by atoms with Crippen molar-refractivity contribution in [3.63, 3.8) is 0 Å². The number of carbonyl (C=O) groups excluding carboxylic acids is 2. The summed E-state index contributed by atoms with van der Waals surface area (Å²) in [5, 5.41) is 4.50. The Kier molecular flexibility index (Phi) is 4.86. The van der Waals surface area contributed by atoms with Crippen molar-refractivity contribution in [1.82, 2.24) is 10.4 Å². The number of hydrogen-bond donors (Lipinski definition) is 2. The highest BCUT2D eigenvalue weighted by Crippen LogP contribution is 2.31. The fraction of sp³-hybridized carbons (Fsp3) is 0.300. The Balaban J connectivity index is 1.93. The van der Waals surface area contributed by atoms with Crippen molar-refractivity contribution in [2.24, 2.45) is 0 Å². The third kappa shape index (κ3) is 3.56. The smallest absolute Gasteiger partial charge is 0.268 e. The number of hydrazine groups is 1. The molecule has 0 bridgehead atoms. The average Bonchev–Trinajstić information content (AvgIpc) is 2.89. The molecule has 2 aromatic carbocycles. The van der Waals surface area contributed by atoms with E-state index in [4.69, 9.17) is 0 Å². The van der Waals surface area contributed by atoms with Gasteiger partial charge in [-0.05, 0) is 53.8 Å². The van der Waals surface area contributed by atoms with Crippen LogP contribution in [0.2, 0.25) is 0 Å². The first-order chi connectivity index (χ1) is 12.0. The monoisotopic (exact) mass is 337 g/mol. The normalized spacial score (nSPS) is 13.1. The Bertz CT molecular complexity index is 830. The van der Waals surface area contributed by atoms with Gasteiger partial charge in [-0.25, -0.2) is 5.43 Å². The molecule has 5 nitrogen and oxygen atoms in total. The van der Waals surface area contributed by atoms with Crippen molar-refractivity contribution < 1.29 is 9.59 Å². The number of hydrogen-bond acceptors (Lipinski definition) is 3. The summed E-state index contributed by atoms with van der Waals surface area (Å²) in [6.45, 7) is 6.90. The minimum Gasteiger partial charge on any atom is -0.326 e. The van der Waals surface area contributed by atoms with Crippen molar-refractivity contribution in [3.8, 4) is 11.1 Å². The first-order valence-corrected chi connectivity index (χ1v) is 8.56. The predicted octanol–water partition coefficient (Wildman–Crippen LogP) is 3.49. The molecular formula is C20H23N3O2. The maximum atomic E-state index is 12.6. The number of aryl methyl sites for hydroxylation is 1. The van der Waals surface area contributed by atoms with Crippen LogP contribution in [0.3, 0.4) is 0 Å². The van der Waals surface area contributed by atoms with Crippen molar-refractivity contribution >= 4 is 17.5 Å². The van der Waals surface area contributed by atoms with Crippen molar-refractivity contribution in [3.05, 3.63) is 53.1 Å². The summed E-state index contributed by atoms with van der Waals surface area (Å²) < 4.78 is 0. The minimum atomic E-state index is -0.0921. The third-order valence-electron chi connectivity index (χ3n) is 4.27. The van der Waals surface area contributed by atoms with Gasteiger partial charge in [-0.3, -0.25) is 14.6 Å². The largest absolute Gasteiger partial charge is 0.326 e. The maximum Gasteiger partial charge on any atom is 0.268 e. The number of fused-ring (bicyclic) bond motifs is 1. The van der Waals surface area contributed by atoms with Crippen LogP contribution in [-0.2, 0) is 11.3 Å². The van der Waals surface area contributed by atoms with E-state index in [1.54, 1.807) is 5.01 Å². The zero-order valence-electron chi connectivity index (χ0n) is 14.8. The van der Waals surface area contributed by atoms with Crippen LogP contribution in [0.15, 0.2) is 36.4 Å². The fourth-order valence-electron chi connectivity index (χ4n) is 3.19. The number of anilines is 1. The number of nitrogens with zero attached hydrogens (tertiary/aromatic N) is 1. The minimum absolute atomic E-state index is 0.0412. The molecule has 2 amide bonds. The van der Waals surface area contributed by atoms with E-state index in [0.717, 1.165) is 46.5 Å². The van der Waals surface area contributed by atoms with E-state index >= 15 is 0 Å². The molecule has 0 aliphatic carbocycles. The summed E-state index contributed by atoms with van der Waals surface area (Å²) in [6, 6.07) is 11.9. The van der Waals surface area contributed by atoms with Crippen LogP contribution in [0.5, 0.6) is 0 Å². The van der Waals surface area contributed by atoms with Gasteiger partial charge in [0.25, 0.3) is 5.91 Å². The predicted molar refractivity (Wildman–Crippen MR) is 99.1 cm³/mol. The van der Waals surface area contributed by atoms with Gasteiger partial charge in [-0.2, -0.15) is 0 Å². The van der Waals surface area contributed by atoms with Crippen LogP contribution >= 0.6 is 0 Å². The summed E-state index contributed by atoms with van der Waals surface area (Å²) in [5.74, 6) is -0.0509. The molecule has 0 fully saturated rings. The molecule has 0 radical (unpaired) electrons. The molecule has 25 heavy (non-hydrogen) atoms. The van der Waals surface area contributed by atoms with Gasteiger partial charge in [-0.1, -0.05) is 25.1 Å². The lowest BCUT2D eigenvalue weighted by Gasteiger charge is -2.16. The van der Waals surface area contributed by atoms with Gasteiger partial charge in [0.1, 0.15) is 0 Å². The molecule has 0 unspecified atom stereocenters. The van der Waals surface area contributed by atoms with E-state index in [1.165, 1.54) is 6.92 Å². The lowest BCUT2D eigenvalue weighted by atomic mass is 9.96. The number of carbonyl (C=O) groups is 2. The van der Waals surface area contributed by atoms with Gasteiger partial charge >= 0.3 is 0 Å². The molecule has 0 saturated heterocycles. The van der Waals surface area contributed by atoms with Crippen molar-refractivity contribution in [2.75, 3.05) is 11.9 Å². The van der Waals surface area contributed by atoms with Gasteiger partial charge in [0.15, 0.2) is 0 Å². The molecule has 3 rings (SSSR count). The molecule has 130 valence electrons. The second-order valence-electron chi connectivity index (χ2n) is 6.39. The number of nitrogens with one attached hydrogen (secondary N) is 2. The molecule has 1 aliphatic rings. The Hall–Kier alpha value is -2.66. The van der Waals surface area contributed by atoms with Gasteiger partial charge < -0.3 is 5.32 Å². The first kappa shape index (κ1) is 17.2. The van der Waals surface area contributed by atoms with Crippen molar-refractivity contribution in [1.29, 1.82) is 0 Å². The van der Waals surface area contributed by atoms with Crippen LogP contribution < -0.4 is 10.7 Å². The molecule has 5 heteroatoms. The summed E-state index contributed by atoms with van der Waals surface area (Å²) in [6.07, 6.45) is 0.973. The topological polar surface area (TPSA) is 61.4 Å². The summed E-state index contributed by atoms with van der Waals surface area (Å²) in [5.41, 5.74) is 8.83. The summed E-state index contributed by atoms with van der Waals surface area (Å²) >= 11 is 0.